The van der Waals surface area contributed by atoms with Crippen molar-refractivity contribution >= 4 is 12.1 Å². The molecule has 0 saturated carbocycles. The van der Waals surface area contributed by atoms with Crippen LogP contribution >= 0.6 is 0 Å². The number of nitrogens with one attached hydrogen (secondary N) is 2. The zero-order valence-electron chi connectivity index (χ0n) is 17.3. The number of amides is 1. The van der Waals surface area contributed by atoms with E-state index in [2.05, 4.69) is 20.5 Å². The molecule has 1 aliphatic rings. The van der Waals surface area contributed by atoms with Crippen molar-refractivity contribution in [2.45, 2.75) is 32.9 Å². The molecule has 8 heteroatoms. The number of hydrogen-bond donors (Lipinski definition) is 2. The molecular weight excluding hydrogens is 361 g/mol. The smallest absolute Gasteiger partial charge is 0.410 e. The Morgan fingerprint density at radius 1 is 1.21 bits per heavy atom. The molecule has 1 aromatic carbocycles. The maximum atomic E-state index is 13.2. The van der Waals surface area contributed by atoms with E-state index in [-0.39, 0.29) is 11.9 Å². The van der Waals surface area contributed by atoms with Crippen molar-refractivity contribution < 1.29 is 13.9 Å². The van der Waals surface area contributed by atoms with Crippen LogP contribution in [0.2, 0.25) is 0 Å². The monoisotopic (exact) mass is 393 g/mol. The summed E-state index contributed by atoms with van der Waals surface area (Å²) < 4.78 is 18.6. The first-order chi connectivity index (χ1) is 13.3. The number of hydrogen-bond acceptors (Lipinski definition) is 4. The topological polar surface area (TPSA) is 69.2 Å². The van der Waals surface area contributed by atoms with Gasteiger partial charge in [-0.15, -0.1) is 0 Å². The van der Waals surface area contributed by atoms with Gasteiger partial charge in [-0.2, -0.15) is 0 Å². The summed E-state index contributed by atoms with van der Waals surface area (Å²) >= 11 is 0. The predicted octanol–water partition coefficient (Wildman–Crippen LogP) is 2.04. The van der Waals surface area contributed by atoms with Crippen molar-refractivity contribution in [2.24, 2.45) is 4.99 Å². The van der Waals surface area contributed by atoms with Gasteiger partial charge in [0.2, 0.25) is 0 Å². The van der Waals surface area contributed by atoms with Gasteiger partial charge >= 0.3 is 6.09 Å². The van der Waals surface area contributed by atoms with Crippen molar-refractivity contribution in [2.75, 3.05) is 46.3 Å². The molecule has 0 spiro atoms. The number of benzene rings is 1. The summed E-state index contributed by atoms with van der Waals surface area (Å²) in [7, 11) is 1.71. The van der Waals surface area contributed by atoms with Gasteiger partial charge in [0.15, 0.2) is 5.96 Å². The summed E-state index contributed by atoms with van der Waals surface area (Å²) in [6, 6.07) is 6.50. The number of piperazine rings is 1. The largest absolute Gasteiger partial charge is 0.444 e. The zero-order valence-corrected chi connectivity index (χ0v) is 17.3. The molecule has 1 aromatic rings. The number of halogens is 1. The molecule has 0 atom stereocenters. The Kier molecular flexibility index (Phi) is 8.04. The first-order valence-electron chi connectivity index (χ1n) is 9.66. The second-order valence-corrected chi connectivity index (χ2v) is 7.79. The highest BCUT2D eigenvalue weighted by Crippen LogP contribution is 2.11. The van der Waals surface area contributed by atoms with Gasteiger partial charge in [-0.1, -0.05) is 12.1 Å². The molecule has 0 unspecified atom stereocenters. The summed E-state index contributed by atoms with van der Waals surface area (Å²) in [6.07, 6.45) is -0.243. The highest BCUT2D eigenvalue weighted by molar-refractivity contribution is 5.79. The summed E-state index contributed by atoms with van der Waals surface area (Å²) in [5, 5.41) is 6.44. The fourth-order valence-corrected chi connectivity index (χ4v) is 2.87. The molecule has 28 heavy (non-hydrogen) atoms. The molecule has 1 heterocycles. The van der Waals surface area contributed by atoms with E-state index < -0.39 is 5.60 Å². The number of carbonyl (C=O) groups excluding carboxylic acids is 1. The Balaban J connectivity index is 1.65. The van der Waals surface area contributed by atoms with Gasteiger partial charge in [0.05, 0.1) is 0 Å². The molecule has 2 N–H and O–H groups in total. The molecule has 156 valence electrons. The first-order valence-corrected chi connectivity index (χ1v) is 9.66. The van der Waals surface area contributed by atoms with Gasteiger partial charge in [0, 0.05) is 52.9 Å². The Bertz CT molecular complexity index is 667. The third-order valence-corrected chi connectivity index (χ3v) is 4.32. The molecule has 0 aliphatic carbocycles. The van der Waals surface area contributed by atoms with E-state index in [0.29, 0.717) is 25.6 Å². The van der Waals surface area contributed by atoms with Gasteiger partial charge in [0.25, 0.3) is 0 Å². The summed E-state index contributed by atoms with van der Waals surface area (Å²) in [6.45, 7) is 10.7. The van der Waals surface area contributed by atoms with Crippen LogP contribution in [0.4, 0.5) is 9.18 Å². The maximum absolute atomic E-state index is 13.2. The highest BCUT2D eigenvalue weighted by atomic mass is 19.1. The quantitative estimate of drug-likeness (QED) is 0.592. The third kappa shape index (κ3) is 7.72. The average Bonchev–Trinajstić information content (AvgIpc) is 2.63. The lowest BCUT2D eigenvalue weighted by Gasteiger charge is -2.35. The highest BCUT2D eigenvalue weighted by Gasteiger charge is 2.25. The number of nitrogens with zero attached hydrogens (tertiary/aromatic N) is 3. The summed E-state index contributed by atoms with van der Waals surface area (Å²) in [4.78, 5) is 20.3. The van der Waals surface area contributed by atoms with Gasteiger partial charge in [0.1, 0.15) is 11.4 Å². The fraction of sp³-hybridized carbons (Fsp3) is 0.600. The van der Waals surface area contributed by atoms with Crippen LogP contribution in [0.5, 0.6) is 0 Å². The van der Waals surface area contributed by atoms with E-state index in [4.69, 9.17) is 4.74 Å². The second-order valence-electron chi connectivity index (χ2n) is 7.79. The number of rotatable bonds is 5. The van der Waals surface area contributed by atoms with Gasteiger partial charge in [-0.25, -0.2) is 9.18 Å². The molecule has 1 amide bonds. The Hall–Kier alpha value is -2.35. The van der Waals surface area contributed by atoms with Crippen molar-refractivity contribution in [1.82, 2.24) is 20.4 Å². The van der Waals surface area contributed by atoms with Crippen molar-refractivity contribution in [3.63, 3.8) is 0 Å². The Morgan fingerprint density at radius 2 is 1.93 bits per heavy atom. The van der Waals surface area contributed by atoms with E-state index in [1.54, 1.807) is 18.0 Å². The van der Waals surface area contributed by atoms with E-state index in [1.807, 2.05) is 26.8 Å². The summed E-state index contributed by atoms with van der Waals surface area (Å²) in [5.74, 6) is 0.435. The van der Waals surface area contributed by atoms with Crippen LogP contribution in [-0.2, 0) is 11.3 Å². The van der Waals surface area contributed by atoms with Crippen molar-refractivity contribution in [1.29, 1.82) is 0 Å². The molecule has 0 radical (unpaired) electrons. The van der Waals surface area contributed by atoms with Crippen LogP contribution in [-0.4, -0.2) is 73.8 Å². The minimum atomic E-state index is -0.466. The predicted molar refractivity (Wildman–Crippen MR) is 109 cm³/mol. The van der Waals surface area contributed by atoms with Crippen LogP contribution < -0.4 is 10.6 Å². The lowest BCUT2D eigenvalue weighted by atomic mass is 10.2. The van der Waals surface area contributed by atoms with E-state index in [9.17, 15) is 9.18 Å². The molecule has 2 rings (SSSR count). The Morgan fingerprint density at radius 3 is 2.54 bits per heavy atom. The van der Waals surface area contributed by atoms with Gasteiger partial charge < -0.3 is 20.3 Å². The zero-order chi connectivity index (χ0) is 20.6. The van der Waals surface area contributed by atoms with Crippen LogP contribution in [0.1, 0.15) is 26.3 Å². The second kappa shape index (κ2) is 10.3. The minimum absolute atomic E-state index is 0.243. The minimum Gasteiger partial charge on any atom is -0.444 e. The average molecular weight is 394 g/mol. The SMILES string of the molecule is CN=C(NCCN1CCN(C(=O)OC(C)(C)C)CC1)NCc1cccc(F)c1. The number of guanidine groups is 1. The first kappa shape index (κ1) is 21.9. The molecule has 1 fully saturated rings. The number of aliphatic imine (C=N–C) groups is 1. The number of carbonyl (C=O) groups is 1. The third-order valence-electron chi connectivity index (χ3n) is 4.32. The fourth-order valence-electron chi connectivity index (χ4n) is 2.87. The van der Waals surface area contributed by atoms with E-state index >= 15 is 0 Å². The molecule has 1 aliphatic heterocycles. The standard InChI is InChI=1S/C20H32FN5O2/c1-20(2,3)28-19(27)26-12-10-25(11-13-26)9-8-23-18(22-4)24-15-16-6-5-7-17(21)14-16/h5-7,14H,8-13,15H2,1-4H3,(H2,22,23,24). The van der Waals surface area contributed by atoms with Crippen molar-refractivity contribution in [3.05, 3.63) is 35.6 Å². The van der Waals surface area contributed by atoms with E-state index in [1.165, 1.54) is 12.1 Å². The molecule has 0 bridgehead atoms. The molecule has 7 nitrogen and oxygen atoms in total. The summed E-state index contributed by atoms with van der Waals surface area (Å²) in [5.41, 5.74) is 0.397. The lowest BCUT2D eigenvalue weighted by molar-refractivity contribution is 0.0147. The van der Waals surface area contributed by atoms with Gasteiger partial charge in [-0.3, -0.25) is 9.89 Å². The van der Waals surface area contributed by atoms with Crippen LogP contribution in [0.25, 0.3) is 0 Å². The maximum Gasteiger partial charge on any atom is 0.410 e. The van der Waals surface area contributed by atoms with E-state index in [0.717, 1.165) is 31.7 Å². The van der Waals surface area contributed by atoms with Crippen LogP contribution in [0.3, 0.4) is 0 Å². The molecule has 1 saturated heterocycles. The Labute approximate surface area is 166 Å². The van der Waals surface area contributed by atoms with Crippen molar-refractivity contribution in [3.8, 4) is 0 Å². The van der Waals surface area contributed by atoms with Crippen LogP contribution in [0.15, 0.2) is 29.3 Å². The van der Waals surface area contributed by atoms with Crippen LogP contribution in [0, 0.1) is 5.82 Å². The molecule has 0 aromatic heterocycles. The number of ether oxygens (including phenoxy) is 1. The van der Waals surface area contributed by atoms with Gasteiger partial charge in [-0.05, 0) is 38.5 Å². The normalized spacial score (nSPS) is 16.0. The lowest BCUT2D eigenvalue weighted by Crippen LogP contribution is -2.51. The molecular formula is C20H32FN5O2.